The van der Waals surface area contributed by atoms with Crippen molar-refractivity contribution in [3.8, 4) is 0 Å². The molecule has 0 unspecified atom stereocenters. The first-order chi connectivity index (χ1) is 17.3. The Labute approximate surface area is 218 Å². The van der Waals surface area contributed by atoms with Gasteiger partial charge in [-0.25, -0.2) is 9.78 Å². The number of carbonyl (C=O) groups excluding carboxylic acids is 3. The number of carbonyl (C=O) groups is 3. The quantitative estimate of drug-likeness (QED) is 0.429. The largest absolute Gasteiger partial charge is 0.447 e. The molecule has 0 aliphatic carbocycles. The predicted molar refractivity (Wildman–Crippen MR) is 140 cm³/mol. The molecule has 0 bridgehead atoms. The lowest BCUT2D eigenvalue weighted by atomic mass is 9.86. The number of nitrogens with two attached hydrogens (primary N) is 1. The molecule has 3 N–H and O–H groups in total. The number of hydrogen-bond acceptors (Lipinski definition) is 7. The lowest BCUT2D eigenvalue weighted by molar-refractivity contribution is -0.137. The summed E-state index contributed by atoms with van der Waals surface area (Å²) >= 11 is 7.71. The van der Waals surface area contributed by atoms with Crippen molar-refractivity contribution in [1.82, 2.24) is 14.8 Å². The van der Waals surface area contributed by atoms with Gasteiger partial charge in [0.2, 0.25) is 12.3 Å². The van der Waals surface area contributed by atoms with E-state index in [1.54, 1.807) is 15.9 Å². The van der Waals surface area contributed by atoms with Crippen LogP contribution in [0, 0.1) is 6.92 Å². The van der Waals surface area contributed by atoms with Gasteiger partial charge >= 0.3 is 6.09 Å². The van der Waals surface area contributed by atoms with E-state index in [0.717, 1.165) is 27.8 Å². The van der Waals surface area contributed by atoms with E-state index in [1.165, 1.54) is 11.3 Å². The Morgan fingerprint density at radius 1 is 1.25 bits per heavy atom. The summed E-state index contributed by atoms with van der Waals surface area (Å²) in [5.74, 6) is -0.155. The van der Waals surface area contributed by atoms with E-state index < -0.39 is 11.6 Å². The number of likely N-dealkylation sites (tertiary alicyclic amines) is 1. The topological polar surface area (TPSA) is 118 Å². The van der Waals surface area contributed by atoms with Gasteiger partial charge < -0.3 is 20.3 Å². The van der Waals surface area contributed by atoms with Gasteiger partial charge in [0, 0.05) is 24.7 Å². The number of aryl methyl sites for hydroxylation is 1. The van der Waals surface area contributed by atoms with E-state index in [9.17, 15) is 14.4 Å². The summed E-state index contributed by atoms with van der Waals surface area (Å²) in [5.41, 5.74) is 7.34. The first kappa shape index (κ1) is 25.9. The fourth-order valence-corrected chi connectivity index (χ4v) is 5.53. The van der Waals surface area contributed by atoms with Crippen LogP contribution in [0.2, 0.25) is 5.02 Å². The predicted octanol–water partition coefficient (Wildman–Crippen LogP) is 3.79. The van der Waals surface area contributed by atoms with Crippen LogP contribution in [0.3, 0.4) is 0 Å². The van der Waals surface area contributed by atoms with Gasteiger partial charge in [-0.3, -0.25) is 14.9 Å². The zero-order valence-electron chi connectivity index (χ0n) is 19.9. The van der Waals surface area contributed by atoms with E-state index in [1.807, 2.05) is 43.3 Å². The molecule has 9 nitrogen and oxygen atoms in total. The van der Waals surface area contributed by atoms with Crippen molar-refractivity contribution in [1.29, 1.82) is 0 Å². The van der Waals surface area contributed by atoms with Crippen LogP contribution >= 0.6 is 22.9 Å². The number of benzene rings is 2. The third-order valence-corrected chi connectivity index (χ3v) is 7.86. The van der Waals surface area contributed by atoms with Gasteiger partial charge in [-0.15, -0.1) is 0 Å². The fourth-order valence-electron chi connectivity index (χ4n) is 4.41. The first-order valence-corrected chi connectivity index (χ1v) is 12.8. The smallest absolute Gasteiger partial charge is 0.413 e. The molecule has 1 saturated heterocycles. The van der Waals surface area contributed by atoms with E-state index in [0.29, 0.717) is 36.1 Å². The van der Waals surface area contributed by atoms with Crippen molar-refractivity contribution in [2.24, 2.45) is 5.73 Å². The van der Waals surface area contributed by atoms with Crippen LogP contribution in [-0.2, 0) is 20.9 Å². The van der Waals surface area contributed by atoms with E-state index >= 15 is 0 Å². The highest BCUT2D eigenvalue weighted by atomic mass is 35.5. The van der Waals surface area contributed by atoms with Crippen molar-refractivity contribution in [2.45, 2.75) is 31.8 Å². The lowest BCUT2D eigenvalue weighted by Crippen LogP contribution is -2.59. The summed E-state index contributed by atoms with van der Waals surface area (Å²) in [6.07, 6.45) is 0.946. The highest BCUT2D eigenvalue weighted by Gasteiger charge is 2.42. The summed E-state index contributed by atoms with van der Waals surface area (Å²) in [6.45, 7) is 2.87. The molecule has 0 radical (unpaired) electrons. The lowest BCUT2D eigenvalue weighted by Gasteiger charge is -2.46. The van der Waals surface area contributed by atoms with Gasteiger partial charge in [0.15, 0.2) is 5.13 Å². The Balaban J connectivity index is 1.50. The van der Waals surface area contributed by atoms with Gasteiger partial charge in [0.05, 0.1) is 22.3 Å². The molecule has 0 spiro atoms. The number of hydrogen-bond donors (Lipinski definition) is 2. The van der Waals surface area contributed by atoms with Crippen molar-refractivity contribution >= 4 is 56.7 Å². The van der Waals surface area contributed by atoms with Gasteiger partial charge in [-0.05, 0) is 43.0 Å². The molecule has 1 aliphatic rings. The summed E-state index contributed by atoms with van der Waals surface area (Å²) < 4.78 is 6.61. The molecule has 190 valence electrons. The number of thiazole rings is 1. The number of aromatic nitrogens is 1. The number of halogens is 1. The van der Waals surface area contributed by atoms with Gasteiger partial charge in [0.25, 0.3) is 0 Å². The Kier molecular flexibility index (Phi) is 8.07. The van der Waals surface area contributed by atoms with Crippen LogP contribution in [0.25, 0.3) is 10.2 Å². The van der Waals surface area contributed by atoms with Crippen LogP contribution in [0.15, 0.2) is 42.5 Å². The molecule has 1 fully saturated rings. The zero-order valence-corrected chi connectivity index (χ0v) is 21.5. The highest BCUT2D eigenvalue weighted by Crippen LogP contribution is 2.32. The number of fused-ring (bicyclic) bond motifs is 1. The number of amides is 3. The molecular weight excluding hydrogens is 502 g/mol. The van der Waals surface area contributed by atoms with Crippen molar-refractivity contribution in [3.63, 3.8) is 0 Å². The third-order valence-electron chi connectivity index (χ3n) is 6.56. The molecule has 2 aromatic carbocycles. The standard InChI is InChI=1S/C25H28ClN5O4S/c1-17-5-4-8-20-22(17)28-23(36-20)29-24(34)35-15-25(9-11-30(12-10-25)21(33)13-27)31(16-32)14-18-6-2-3-7-19(18)26/h2-8,16H,9-15,27H2,1H3,(H,28,29,34). The minimum absolute atomic E-state index is 0.0450. The van der Waals surface area contributed by atoms with Gasteiger partial charge in [0.1, 0.15) is 6.61 Å². The highest BCUT2D eigenvalue weighted by molar-refractivity contribution is 7.22. The third kappa shape index (κ3) is 5.61. The average Bonchev–Trinajstić information content (AvgIpc) is 3.30. The van der Waals surface area contributed by atoms with Gasteiger partial charge in [-0.2, -0.15) is 0 Å². The normalized spacial score (nSPS) is 14.9. The van der Waals surface area contributed by atoms with Crippen molar-refractivity contribution in [3.05, 3.63) is 58.6 Å². The number of nitrogens with one attached hydrogen (secondary N) is 1. The second-order valence-electron chi connectivity index (χ2n) is 8.78. The molecule has 4 rings (SSSR count). The van der Waals surface area contributed by atoms with Crippen LogP contribution < -0.4 is 11.1 Å². The Bertz CT molecular complexity index is 1260. The molecule has 36 heavy (non-hydrogen) atoms. The fraction of sp³-hybridized carbons (Fsp3) is 0.360. The second kappa shape index (κ2) is 11.2. The molecule has 3 aromatic rings. The molecule has 1 aromatic heterocycles. The summed E-state index contributed by atoms with van der Waals surface area (Å²) in [7, 11) is 0. The molecule has 3 amide bonds. The van der Waals surface area contributed by atoms with Crippen LogP contribution in [0.4, 0.5) is 9.93 Å². The number of nitrogens with zero attached hydrogens (tertiary/aromatic N) is 3. The maximum atomic E-state index is 12.7. The maximum Gasteiger partial charge on any atom is 0.413 e. The van der Waals surface area contributed by atoms with Crippen LogP contribution in [-0.4, -0.2) is 65.0 Å². The second-order valence-corrected chi connectivity index (χ2v) is 10.2. The molecular formula is C25H28ClN5O4S. The first-order valence-electron chi connectivity index (χ1n) is 11.6. The van der Waals surface area contributed by atoms with Crippen molar-refractivity contribution < 1.29 is 19.1 Å². The summed E-state index contributed by atoms with van der Waals surface area (Å²) in [5, 5.41) is 3.68. The minimum atomic E-state index is -0.812. The number of rotatable bonds is 8. The van der Waals surface area contributed by atoms with E-state index in [2.05, 4.69) is 10.3 Å². The average molecular weight is 530 g/mol. The Hall–Kier alpha value is -3.21. The zero-order chi connectivity index (χ0) is 25.7. The molecule has 0 atom stereocenters. The summed E-state index contributed by atoms with van der Waals surface area (Å²) in [4.78, 5) is 44.9. The van der Waals surface area contributed by atoms with E-state index in [4.69, 9.17) is 22.1 Å². The maximum absolute atomic E-state index is 12.7. The SMILES string of the molecule is Cc1cccc2sc(NC(=O)OCC3(N(C=O)Cc4ccccc4Cl)CCN(C(=O)CN)CC3)nc12. The number of ether oxygens (including phenoxy) is 1. The monoisotopic (exact) mass is 529 g/mol. The number of anilines is 1. The molecule has 11 heteroatoms. The van der Waals surface area contributed by atoms with Gasteiger partial charge in [-0.1, -0.05) is 53.3 Å². The van der Waals surface area contributed by atoms with Crippen LogP contribution in [0.1, 0.15) is 24.0 Å². The van der Waals surface area contributed by atoms with E-state index in [-0.39, 0.29) is 25.6 Å². The Morgan fingerprint density at radius 3 is 2.67 bits per heavy atom. The van der Waals surface area contributed by atoms with Crippen LogP contribution in [0.5, 0.6) is 0 Å². The van der Waals surface area contributed by atoms with Crippen molar-refractivity contribution in [2.75, 3.05) is 31.6 Å². The molecule has 2 heterocycles. The number of piperidine rings is 1. The molecule has 0 saturated carbocycles. The molecule has 1 aliphatic heterocycles. The number of para-hydroxylation sites is 1. The minimum Gasteiger partial charge on any atom is -0.447 e. The summed E-state index contributed by atoms with van der Waals surface area (Å²) in [6, 6.07) is 13.1. The Morgan fingerprint density at radius 2 is 2.00 bits per heavy atom.